The molecule has 1 saturated carbocycles. The van der Waals surface area contributed by atoms with Crippen molar-refractivity contribution in [3.05, 3.63) is 29.8 Å². The summed E-state index contributed by atoms with van der Waals surface area (Å²) in [6.45, 7) is 3.06. The molecule has 0 saturated heterocycles. The van der Waals surface area contributed by atoms with E-state index in [1.54, 1.807) is 12.3 Å². The third-order valence-corrected chi connectivity index (χ3v) is 2.93. The topological polar surface area (TPSA) is 24.9 Å². The molecule has 2 rings (SSSR count). The Morgan fingerprint density at radius 1 is 1.53 bits per heavy atom. The minimum absolute atomic E-state index is 0.187. The van der Waals surface area contributed by atoms with E-state index in [1.165, 1.54) is 25.5 Å². The molecule has 2 nitrogen and oxygen atoms in total. The van der Waals surface area contributed by atoms with Crippen LogP contribution in [0.1, 0.15) is 37.8 Å². The number of pyridine rings is 1. The third-order valence-electron chi connectivity index (χ3n) is 2.93. The predicted octanol–water partition coefficient (Wildman–Crippen LogP) is 2.67. The first kappa shape index (κ1) is 10.6. The predicted molar refractivity (Wildman–Crippen MR) is 58.0 cm³/mol. The van der Waals surface area contributed by atoms with Crippen molar-refractivity contribution in [2.45, 2.75) is 32.2 Å². The Morgan fingerprint density at radius 2 is 2.33 bits per heavy atom. The van der Waals surface area contributed by atoms with Gasteiger partial charge in [0, 0.05) is 12.2 Å². The van der Waals surface area contributed by atoms with Crippen molar-refractivity contribution >= 4 is 0 Å². The summed E-state index contributed by atoms with van der Waals surface area (Å²) in [5.74, 6) is 0.679. The van der Waals surface area contributed by atoms with Gasteiger partial charge in [0.05, 0.1) is 6.20 Å². The molecule has 1 heterocycles. The van der Waals surface area contributed by atoms with Crippen LogP contribution in [-0.2, 0) is 0 Å². The zero-order valence-corrected chi connectivity index (χ0v) is 9.04. The van der Waals surface area contributed by atoms with E-state index in [0.29, 0.717) is 0 Å². The van der Waals surface area contributed by atoms with Gasteiger partial charge in [0.25, 0.3) is 0 Å². The van der Waals surface area contributed by atoms with Crippen LogP contribution in [0.25, 0.3) is 0 Å². The van der Waals surface area contributed by atoms with E-state index in [1.807, 2.05) is 6.92 Å². The van der Waals surface area contributed by atoms with Crippen LogP contribution in [0.5, 0.6) is 0 Å². The summed E-state index contributed by atoms with van der Waals surface area (Å²) in [5.41, 5.74) is 0.922. The van der Waals surface area contributed by atoms with Crippen LogP contribution in [0.15, 0.2) is 18.5 Å². The minimum atomic E-state index is -0.261. The molecule has 0 radical (unpaired) electrons. The summed E-state index contributed by atoms with van der Waals surface area (Å²) in [5, 5.41) is 3.39. The van der Waals surface area contributed by atoms with Crippen molar-refractivity contribution in [2.24, 2.45) is 5.92 Å². The van der Waals surface area contributed by atoms with Gasteiger partial charge in [-0.3, -0.25) is 4.98 Å². The molecular formula is C12H17FN2. The van der Waals surface area contributed by atoms with E-state index < -0.39 is 0 Å². The van der Waals surface area contributed by atoms with Gasteiger partial charge >= 0.3 is 0 Å². The van der Waals surface area contributed by atoms with Crippen LogP contribution in [0.3, 0.4) is 0 Å². The fourth-order valence-electron chi connectivity index (χ4n) is 1.69. The smallest absolute Gasteiger partial charge is 0.141 e. The lowest BCUT2D eigenvalue weighted by Gasteiger charge is -2.13. The SMILES string of the molecule is CC(NCCC1CC1)c1cncc(F)c1. The number of aromatic nitrogens is 1. The van der Waals surface area contributed by atoms with Crippen LogP contribution in [0.2, 0.25) is 0 Å². The minimum Gasteiger partial charge on any atom is -0.310 e. The Bertz CT molecular complexity index is 323. The second-order valence-electron chi connectivity index (χ2n) is 4.34. The molecule has 1 aromatic heterocycles. The highest BCUT2D eigenvalue weighted by Crippen LogP contribution is 2.31. The molecule has 0 aliphatic heterocycles. The summed E-state index contributed by atoms with van der Waals surface area (Å²) in [7, 11) is 0. The lowest BCUT2D eigenvalue weighted by molar-refractivity contribution is 0.533. The van der Waals surface area contributed by atoms with Crippen LogP contribution >= 0.6 is 0 Å². The Hall–Kier alpha value is -0.960. The molecule has 1 atom stereocenters. The number of halogens is 1. The first-order chi connectivity index (χ1) is 7.25. The molecule has 0 spiro atoms. The highest BCUT2D eigenvalue weighted by molar-refractivity contribution is 5.14. The molecule has 0 amide bonds. The van der Waals surface area contributed by atoms with Gasteiger partial charge in [-0.05, 0) is 37.4 Å². The zero-order chi connectivity index (χ0) is 10.7. The molecule has 1 N–H and O–H groups in total. The number of rotatable bonds is 5. The van der Waals surface area contributed by atoms with Gasteiger partial charge in [0.1, 0.15) is 5.82 Å². The van der Waals surface area contributed by atoms with Crippen molar-refractivity contribution in [3.63, 3.8) is 0 Å². The average Bonchev–Trinajstić information content (AvgIpc) is 3.01. The van der Waals surface area contributed by atoms with Crippen molar-refractivity contribution in [2.75, 3.05) is 6.54 Å². The van der Waals surface area contributed by atoms with Gasteiger partial charge in [-0.2, -0.15) is 0 Å². The second-order valence-corrected chi connectivity index (χ2v) is 4.34. The van der Waals surface area contributed by atoms with Crippen LogP contribution < -0.4 is 5.32 Å². The Kier molecular flexibility index (Phi) is 3.31. The van der Waals surface area contributed by atoms with Gasteiger partial charge in [-0.25, -0.2) is 4.39 Å². The largest absolute Gasteiger partial charge is 0.310 e. The molecular weight excluding hydrogens is 191 g/mol. The van der Waals surface area contributed by atoms with E-state index in [-0.39, 0.29) is 11.9 Å². The monoisotopic (exact) mass is 208 g/mol. The molecule has 1 aliphatic carbocycles. The maximum Gasteiger partial charge on any atom is 0.141 e. The van der Waals surface area contributed by atoms with Crippen LogP contribution in [0, 0.1) is 11.7 Å². The Labute approximate surface area is 89.9 Å². The van der Waals surface area contributed by atoms with E-state index in [9.17, 15) is 4.39 Å². The van der Waals surface area contributed by atoms with Gasteiger partial charge in [0.15, 0.2) is 0 Å². The van der Waals surface area contributed by atoms with Gasteiger partial charge in [-0.1, -0.05) is 12.8 Å². The lowest BCUT2D eigenvalue weighted by atomic mass is 10.1. The molecule has 1 aliphatic rings. The first-order valence-corrected chi connectivity index (χ1v) is 5.59. The van der Waals surface area contributed by atoms with Crippen molar-refractivity contribution < 1.29 is 4.39 Å². The number of hydrogen-bond acceptors (Lipinski definition) is 2. The van der Waals surface area contributed by atoms with Crippen molar-refractivity contribution in [1.29, 1.82) is 0 Å². The maximum atomic E-state index is 12.9. The number of nitrogens with zero attached hydrogens (tertiary/aromatic N) is 1. The molecule has 1 fully saturated rings. The molecule has 15 heavy (non-hydrogen) atoms. The maximum absolute atomic E-state index is 12.9. The average molecular weight is 208 g/mol. The highest BCUT2D eigenvalue weighted by Gasteiger charge is 2.20. The lowest BCUT2D eigenvalue weighted by Crippen LogP contribution is -2.20. The summed E-state index contributed by atoms with van der Waals surface area (Å²) < 4.78 is 12.9. The number of nitrogens with one attached hydrogen (secondary N) is 1. The van der Waals surface area contributed by atoms with E-state index >= 15 is 0 Å². The van der Waals surface area contributed by atoms with Crippen molar-refractivity contribution in [1.82, 2.24) is 10.3 Å². The zero-order valence-electron chi connectivity index (χ0n) is 9.04. The normalized spacial score (nSPS) is 17.7. The first-order valence-electron chi connectivity index (χ1n) is 5.59. The van der Waals surface area contributed by atoms with E-state index in [0.717, 1.165) is 18.0 Å². The summed E-state index contributed by atoms with van der Waals surface area (Å²) in [6.07, 6.45) is 6.97. The van der Waals surface area contributed by atoms with Gasteiger partial charge in [-0.15, -0.1) is 0 Å². The van der Waals surface area contributed by atoms with Crippen molar-refractivity contribution in [3.8, 4) is 0 Å². The summed E-state index contributed by atoms with van der Waals surface area (Å²) in [6, 6.07) is 1.73. The fraction of sp³-hybridized carbons (Fsp3) is 0.583. The molecule has 1 unspecified atom stereocenters. The quantitative estimate of drug-likeness (QED) is 0.804. The van der Waals surface area contributed by atoms with E-state index in [2.05, 4.69) is 10.3 Å². The fourth-order valence-corrected chi connectivity index (χ4v) is 1.69. The molecule has 1 aromatic rings. The highest BCUT2D eigenvalue weighted by atomic mass is 19.1. The summed E-state index contributed by atoms with van der Waals surface area (Å²) in [4.78, 5) is 3.85. The third kappa shape index (κ3) is 3.27. The molecule has 3 heteroatoms. The van der Waals surface area contributed by atoms with Crippen LogP contribution in [0.4, 0.5) is 4.39 Å². The molecule has 82 valence electrons. The number of hydrogen-bond donors (Lipinski definition) is 1. The van der Waals surface area contributed by atoms with Gasteiger partial charge < -0.3 is 5.32 Å². The standard InChI is InChI=1S/C12H17FN2/c1-9(15-5-4-10-2-3-10)11-6-12(13)8-14-7-11/h6-10,15H,2-5H2,1H3. The Balaban J connectivity index is 1.80. The van der Waals surface area contributed by atoms with Crippen LogP contribution in [-0.4, -0.2) is 11.5 Å². The molecule has 0 bridgehead atoms. The van der Waals surface area contributed by atoms with E-state index in [4.69, 9.17) is 0 Å². The molecule has 0 aromatic carbocycles. The Morgan fingerprint density at radius 3 is 3.00 bits per heavy atom. The van der Waals surface area contributed by atoms with Gasteiger partial charge in [0.2, 0.25) is 0 Å². The second kappa shape index (κ2) is 4.71. The summed E-state index contributed by atoms with van der Waals surface area (Å²) >= 11 is 0.